The molecule has 4 aromatic rings. The number of hydrogen-bond donors (Lipinski definition) is 2. The number of morpholine rings is 1. The topological polar surface area (TPSA) is 104 Å². The molecule has 3 aromatic heterocycles. The van der Waals surface area contributed by atoms with Crippen molar-refractivity contribution < 1.29 is 9.53 Å². The van der Waals surface area contributed by atoms with E-state index in [1.807, 2.05) is 53.5 Å². The molecule has 2 N–H and O–H groups in total. The Morgan fingerprint density at radius 1 is 1.03 bits per heavy atom. The van der Waals surface area contributed by atoms with Gasteiger partial charge in [0.15, 0.2) is 0 Å². The zero-order valence-electron chi connectivity index (χ0n) is 17.2. The van der Waals surface area contributed by atoms with Crippen molar-refractivity contribution in [3.05, 3.63) is 82.2 Å². The number of aromatic amines is 2. The first-order chi connectivity index (χ1) is 15.7. The smallest absolute Gasteiger partial charge is 0.260 e. The van der Waals surface area contributed by atoms with Gasteiger partial charge in [0.25, 0.3) is 11.5 Å². The molecule has 1 amide bonds. The summed E-state index contributed by atoms with van der Waals surface area (Å²) in [5, 5.41) is 0.517. The van der Waals surface area contributed by atoms with Gasteiger partial charge in [-0.2, -0.15) is 0 Å². The number of benzene rings is 1. The molecule has 0 saturated carbocycles. The zero-order valence-corrected chi connectivity index (χ0v) is 17.2. The summed E-state index contributed by atoms with van der Waals surface area (Å²) in [5.41, 5.74) is 4.49. The van der Waals surface area contributed by atoms with Crippen LogP contribution in [0.25, 0.3) is 34.4 Å². The van der Waals surface area contributed by atoms with Crippen molar-refractivity contribution in [2.24, 2.45) is 0 Å². The largest absolute Gasteiger partial charge is 0.378 e. The number of amides is 1. The van der Waals surface area contributed by atoms with Gasteiger partial charge in [0, 0.05) is 36.1 Å². The third-order valence-corrected chi connectivity index (χ3v) is 5.43. The number of ether oxygens (including phenoxy) is 1. The quantitative estimate of drug-likeness (QED) is 0.521. The molecule has 1 saturated heterocycles. The van der Waals surface area contributed by atoms with Crippen LogP contribution in [-0.4, -0.2) is 57.0 Å². The van der Waals surface area contributed by atoms with Crippen LogP contribution in [0, 0.1) is 0 Å². The molecular formula is C24H21N5O3. The van der Waals surface area contributed by atoms with E-state index in [-0.39, 0.29) is 11.5 Å². The van der Waals surface area contributed by atoms with E-state index >= 15 is 0 Å². The van der Waals surface area contributed by atoms with Gasteiger partial charge in [0.1, 0.15) is 5.65 Å². The van der Waals surface area contributed by atoms with Gasteiger partial charge in [-0.1, -0.05) is 18.2 Å². The van der Waals surface area contributed by atoms with Gasteiger partial charge < -0.3 is 19.6 Å². The highest BCUT2D eigenvalue weighted by atomic mass is 16.5. The van der Waals surface area contributed by atoms with Gasteiger partial charge in [0.05, 0.1) is 30.6 Å². The molecule has 8 heteroatoms. The molecule has 5 rings (SSSR count). The number of H-pyrrole nitrogens is 2. The number of carbonyl (C=O) groups is 1. The van der Waals surface area contributed by atoms with Crippen molar-refractivity contribution in [1.82, 2.24) is 24.8 Å². The molecule has 8 nitrogen and oxygen atoms in total. The van der Waals surface area contributed by atoms with Gasteiger partial charge in [-0.15, -0.1) is 0 Å². The lowest BCUT2D eigenvalue weighted by Crippen LogP contribution is -2.40. The van der Waals surface area contributed by atoms with E-state index in [2.05, 4.69) is 19.9 Å². The second-order valence-corrected chi connectivity index (χ2v) is 7.51. The third kappa shape index (κ3) is 4.08. The van der Waals surface area contributed by atoms with Crippen LogP contribution in [0.15, 0.2) is 59.8 Å². The minimum atomic E-state index is -0.178. The predicted octanol–water partition coefficient (Wildman–Crippen LogP) is 2.96. The van der Waals surface area contributed by atoms with Crippen molar-refractivity contribution in [2.75, 3.05) is 26.3 Å². The molecule has 1 fully saturated rings. The van der Waals surface area contributed by atoms with E-state index < -0.39 is 0 Å². The highest BCUT2D eigenvalue weighted by Gasteiger charge is 2.18. The summed E-state index contributed by atoms with van der Waals surface area (Å²) in [6.07, 6.45) is 6.97. The summed E-state index contributed by atoms with van der Waals surface area (Å²) in [7, 11) is 0. The van der Waals surface area contributed by atoms with Crippen LogP contribution in [0.4, 0.5) is 0 Å². The summed E-state index contributed by atoms with van der Waals surface area (Å²) in [6, 6.07) is 13.1. The number of hydrogen-bond acceptors (Lipinski definition) is 5. The fraction of sp³-hybridized carbons (Fsp3) is 0.167. The molecule has 0 radical (unpaired) electrons. The summed E-state index contributed by atoms with van der Waals surface area (Å²) in [6.45, 7) is 2.43. The van der Waals surface area contributed by atoms with Gasteiger partial charge in [-0.3, -0.25) is 14.6 Å². The lowest BCUT2D eigenvalue weighted by molar-refractivity contribution is 0.0303. The maximum Gasteiger partial charge on any atom is 0.260 e. The standard InChI is InChI=1S/C24H21N5O3/c30-23-20-14-21(28-22(20)26-15-27-23)18-7-8-25-19(13-18)6-3-16-1-4-17(5-2-16)24(31)29-9-11-32-12-10-29/h1-8,13-15H,9-12H2,(H2,26,27,28,30)/b6-3+. The van der Waals surface area contributed by atoms with Crippen LogP contribution in [0.2, 0.25) is 0 Å². The van der Waals surface area contributed by atoms with Crippen LogP contribution in [0.3, 0.4) is 0 Å². The van der Waals surface area contributed by atoms with E-state index in [4.69, 9.17) is 4.74 Å². The number of rotatable bonds is 4. The Bertz CT molecular complexity index is 1350. The van der Waals surface area contributed by atoms with Crippen LogP contribution in [0.1, 0.15) is 21.6 Å². The molecule has 0 spiro atoms. The van der Waals surface area contributed by atoms with E-state index in [9.17, 15) is 9.59 Å². The molecule has 32 heavy (non-hydrogen) atoms. The molecule has 0 atom stereocenters. The maximum atomic E-state index is 12.6. The first-order valence-corrected chi connectivity index (χ1v) is 10.4. The summed E-state index contributed by atoms with van der Waals surface area (Å²) < 4.78 is 5.31. The van der Waals surface area contributed by atoms with Crippen LogP contribution >= 0.6 is 0 Å². The van der Waals surface area contributed by atoms with Gasteiger partial charge in [0.2, 0.25) is 0 Å². The maximum absolute atomic E-state index is 12.6. The molecule has 4 heterocycles. The number of pyridine rings is 1. The second-order valence-electron chi connectivity index (χ2n) is 7.51. The summed E-state index contributed by atoms with van der Waals surface area (Å²) in [4.78, 5) is 40.6. The Labute approximate surface area is 183 Å². The van der Waals surface area contributed by atoms with E-state index in [1.165, 1.54) is 6.33 Å². The number of nitrogens with zero attached hydrogens (tertiary/aromatic N) is 3. The van der Waals surface area contributed by atoms with E-state index in [0.29, 0.717) is 42.9 Å². The molecule has 1 aromatic carbocycles. The first-order valence-electron chi connectivity index (χ1n) is 10.4. The highest BCUT2D eigenvalue weighted by molar-refractivity contribution is 5.94. The fourth-order valence-corrected chi connectivity index (χ4v) is 3.68. The van der Waals surface area contributed by atoms with Crippen molar-refractivity contribution in [3.63, 3.8) is 0 Å². The van der Waals surface area contributed by atoms with Crippen LogP contribution in [-0.2, 0) is 4.74 Å². The van der Waals surface area contributed by atoms with Crippen LogP contribution in [0.5, 0.6) is 0 Å². The lowest BCUT2D eigenvalue weighted by atomic mass is 10.1. The fourth-order valence-electron chi connectivity index (χ4n) is 3.68. The number of nitrogens with one attached hydrogen (secondary N) is 2. The Kier molecular flexibility index (Phi) is 5.35. The Morgan fingerprint density at radius 3 is 2.62 bits per heavy atom. The first kappa shape index (κ1) is 19.9. The third-order valence-electron chi connectivity index (χ3n) is 5.43. The molecule has 1 aliphatic rings. The van der Waals surface area contributed by atoms with Crippen molar-refractivity contribution in [3.8, 4) is 11.3 Å². The Hall–Kier alpha value is -4.04. The van der Waals surface area contributed by atoms with Gasteiger partial charge >= 0.3 is 0 Å². The number of fused-ring (bicyclic) bond motifs is 1. The highest BCUT2D eigenvalue weighted by Crippen LogP contribution is 2.22. The molecule has 0 aliphatic carbocycles. The summed E-state index contributed by atoms with van der Waals surface area (Å²) >= 11 is 0. The number of aromatic nitrogens is 4. The van der Waals surface area contributed by atoms with Crippen molar-refractivity contribution >= 4 is 29.1 Å². The molecule has 1 aliphatic heterocycles. The number of carbonyl (C=O) groups excluding carboxylic acids is 1. The molecule has 160 valence electrons. The minimum Gasteiger partial charge on any atom is -0.378 e. The molecular weight excluding hydrogens is 406 g/mol. The summed E-state index contributed by atoms with van der Waals surface area (Å²) in [5.74, 6) is 0.0323. The average molecular weight is 427 g/mol. The van der Waals surface area contributed by atoms with Gasteiger partial charge in [-0.25, -0.2) is 4.98 Å². The minimum absolute atomic E-state index is 0.0323. The van der Waals surface area contributed by atoms with E-state index in [0.717, 1.165) is 22.5 Å². The molecule has 0 bridgehead atoms. The zero-order chi connectivity index (χ0) is 21.9. The van der Waals surface area contributed by atoms with Crippen molar-refractivity contribution in [1.29, 1.82) is 0 Å². The Morgan fingerprint density at radius 2 is 1.84 bits per heavy atom. The Balaban J connectivity index is 1.33. The SMILES string of the molecule is O=C(c1ccc(/C=C/c2cc(-c3cc4c(=O)[nH]cnc4[nH]3)ccn2)cc1)N1CCOCC1. The van der Waals surface area contributed by atoms with E-state index in [1.54, 1.807) is 12.3 Å². The van der Waals surface area contributed by atoms with Crippen molar-refractivity contribution in [2.45, 2.75) is 0 Å². The predicted molar refractivity (Wildman–Crippen MR) is 122 cm³/mol. The second kappa shape index (κ2) is 8.60. The lowest BCUT2D eigenvalue weighted by Gasteiger charge is -2.26. The van der Waals surface area contributed by atoms with Gasteiger partial charge in [-0.05, 0) is 42.0 Å². The average Bonchev–Trinajstić information content (AvgIpc) is 3.29. The van der Waals surface area contributed by atoms with Crippen LogP contribution < -0.4 is 5.56 Å². The monoisotopic (exact) mass is 427 g/mol. The molecule has 0 unspecified atom stereocenters. The normalized spacial score (nSPS) is 14.3.